The second-order valence-corrected chi connectivity index (χ2v) is 5.54. The van der Waals surface area contributed by atoms with Gasteiger partial charge in [-0.3, -0.25) is 9.59 Å². The van der Waals surface area contributed by atoms with Crippen molar-refractivity contribution >= 4 is 11.9 Å². The smallest absolute Gasteiger partial charge is 0.310 e. The van der Waals surface area contributed by atoms with E-state index in [1.165, 1.54) is 13.5 Å². The van der Waals surface area contributed by atoms with Gasteiger partial charge in [-0.05, 0) is 19.3 Å². The zero-order valence-corrected chi connectivity index (χ0v) is 12.5. The summed E-state index contributed by atoms with van der Waals surface area (Å²) in [5.74, 6) is -0.0795. The molecule has 4 heteroatoms. The van der Waals surface area contributed by atoms with Crippen LogP contribution in [-0.4, -0.2) is 37.0 Å². The van der Waals surface area contributed by atoms with Gasteiger partial charge in [-0.2, -0.15) is 0 Å². The maximum atomic E-state index is 12.5. The number of ether oxygens (including phenoxy) is 1. The summed E-state index contributed by atoms with van der Waals surface area (Å²) in [4.78, 5) is 25.9. The Hall–Kier alpha value is -1.06. The Morgan fingerprint density at radius 1 is 1.26 bits per heavy atom. The molecule has 0 aliphatic heterocycles. The molecule has 0 radical (unpaired) electrons. The summed E-state index contributed by atoms with van der Waals surface area (Å²) in [5.41, 5.74) is 0. The standard InChI is InChI=1S/C15H27NO3/c1-4-10-16(11-12(2)15(18)19-3)14(17)13-8-6-5-7-9-13/h12-13H,4-11H2,1-3H3. The molecule has 0 aromatic carbocycles. The summed E-state index contributed by atoms with van der Waals surface area (Å²) in [6.45, 7) is 5.10. The van der Waals surface area contributed by atoms with Crippen LogP contribution in [0.2, 0.25) is 0 Å². The largest absolute Gasteiger partial charge is 0.469 e. The van der Waals surface area contributed by atoms with Crippen LogP contribution in [0.1, 0.15) is 52.4 Å². The molecule has 0 aromatic heterocycles. The molecule has 0 heterocycles. The van der Waals surface area contributed by atoms with Crippen molar-refractivity contribution in [3.63, 3.8) is 0 Å². The molecule has 19 heavy (non-hydrogen) atoms. The minimum Gasteiger partial charge on any atom is -0.469 e. The topological polar surface area (TPSA) is 46.6 Å². The van der Waals surface area contributed by atoms with E-state index in [4.69, 9.17) is 4.74 Å². The van der Waals surface area contributed by atoms with Crippen molar-refractivity contribution in [2.45, 2.75) is 52.4 Å². The number of hydrogen-bond donors (Lipinski definition) is 0. The highest BCUT2D eigenvalue weighted by molar-refractivity contribution is 5.80. The van der Waals surface area contributed by atoms with E-state index in [0.29, 0.717) is 6.54 Å². The van der Waals surface area contributed by atoms with Crippen molar-refractivity contribution in [3.8, 4) is 0 Å². The highest BCUT2D eigenvalue weighted by Crippen LogP contribution is 2.25. The van der Waals surface area contributed by atoms with Gasteiger partial charge >= 0.3 is 5.97 Å². The zero-order valence-electron chi connectivity index (χ0n) is 12.5. The van der Waals surface area contributed by atoms with Crippen LogP contribution in [0.3, 0.4) is 0 Å². The van der Waals surface area contributed by atoms with Crippen LogP contribution in [-0.2, 0) is 14.3 Å². The molecule has 110 valence electrons. The normalized spacial score (nSPS) is 17.8. The lowest BCUT2D eigenvalue weighted by Gasteiger charge is -2.30. The van der Waals surface area contributed by atoms with E-state index < -0.39 is 0 Å². The molecule has 1 unspecified atom stereocenters. The van der Waals surface area contributed by atoms with Gasteiger partial charge in [0.15, 0.2) is 0 Å². The van der Waals surface area contributed by atoms with Crippen LogP contribution in [0, 0.1) is 11.8 Å². The van der Waals surface area contributed by atoms with E-state index in [9.17, 15) is 9.59 Å². The fourth-order valence-corrected chi connectivity index (χ4v) is 2.78. The fourth-order valence-electron chi connectivity index (χ4n) is 2.78. The maximum Gasteiger partial charge on any atom is 0.310 e. The Balaban J connectivity index is 2.59. The second-order valence-electron chi connectivity index (χ2n) is 5.54. The van der Waals surface area contributed by atoms with Crippen molar-refractivity contribution in [1.29, 1.82) is 0 Å². The molecule has 1 aliphatic rings. The second kappa shape index (κ2) is 8.18. The summed E-state index contributed by atoms with van der Waals surface area (Å²) in [6, 6.07) is 0. The van der Waals surface area contributed by atoms with Gasteiger partial charge < -0.3 is 9.64 Å². The number of rotatable bonds is 6. The molecule has 0 bridgehead atoms. The van der Waals surface area contributed by atoms with Gasteiger partial charge in [-0.25, -0.2) is 0 Å². The molecule has 1 amide bonds. The van der Waals surface area contributed by atoms with Crippen molar-refractivity contribution in [2.24, 2.45) is 11.8 Å². The number of amides is 1. The van der Waals surface area contributed by atoms with Crippen molar-refractivity contribution in [1.82, 2.24) is 4.90 Å². The van der Waals surface area contributed by atoms with Gasteiger partial charge in [0, 0.05) is 19.0 Å². The van der Waals surface area contributed by atoms with E-state index in [1.807, 2.05) is 11.8 Å². The highest BCUT2D eigenvalue weighted by Gasteiger charge is 2.27. The number of esters is 1. The van der Waals surface area contributed by atoms with Crippen LogP contribution in [0.25, 0.3) is 0 Å². The maximum absolute atomic E-state index is 12.5. The van der Waals surface area contributed by atoms with E-state index in [0.717, 1.165) is 38.6 Å². The third kappa shape index (κ3) is 4.84. The van der Waals surface area contributed by atoms with Crippen LogP contribution in [0.4, 0.5) is 0 Å². The summed E-state index contributed by atoms with van der Waals surface area (Å²) in [7, 11) is 1.39. The van der Waals surface area contributed by atoms with Gasteiger partial charge in [0.05, 0.1) is 13.0 Å². The zero-order chi connectivity index (χ0) is 14.3. The number of carbonyl (C=O) groups is 2. The molecular weight excluding hydrogens is 242 g/mol. The SMILES string of the molecule is CCCN(CC(C)C(=O)OC)C(=O)C1CCCCC1. The minimum absolute atomic E-state index is 0.171. The summed E-state index contributed by atoms with van der Waals surface area (Å²) in [6.07, 6.45) is 6.49. The Morgan fingerprint density at radius 3 is 2.42 bits per heavy atom. The van der Waals surface area contributed by atoms with E-state index in [-0.39, 0.29) is 23.7 Å². The Bertz CT molecular complexity index is 298. The Labute approximate surface area is 116 Å². The van der Waals surface area contributed by atoms with Gasteiger partial charge in [0.25, 0.3) is 0 Å². The average molecular weight is 269 g/mol. The minimum atomic E-state index is -0.246. The first kappa shape index (κ1) is 16.0. The Morgan fingerprint density at radius 2 is 1.89 bits per heavy atom. The lowest BCUT2D eigenvalue weighted by atomic mass is 9.88. The predicted molar refractivity (Wildman–Crippen MR) is 74.6 cm³/mol. The van der Waals surface area contributed by atoms with Crippen molar-refractivity contribution in [3.05, 3.63) is 0 Å². The highest BCUT2D eigenvalue weighted by atomic mass is 16.5. The van der Waals surface area contributed by atoms with Gasteiger partial charge in [0.2, 0.25) is 5.91 Å². The molecule has 0 N–H and O–H groups in total. The number of nitrogens with zero attached hydrogens (tertiary/aromatic N) is 1. The van der Waals surface area contributed by atoms with E-state index in [2.05, 4.69) is 6.92 Å². The molecule has 1 saturated carbocycles. The number of carbonyl (C=O) groups excluding carboxylic acids is 2. The molecule has 0 aromatic rings. The predicted octanol–water partition coefficient (Wildman–Crippen LogP) is 2.61. The third-order valence-electron chi connectivity index (χ3n) is 3.86. The lowest BCUT2D eigenvalue weighted by Crippen LogP contribution is -2.41. The first-order valence-electron chi connectivity index (χ1n) is 7.46. The first-order chi connectivity index (χ1) is 9.10. The lowest BCUT2D eigenvalue weighted by molar-refractivity contribution is -0.147. The monoisotopic (exact) mass is 269 g/mol. The molecule has 4 nitrogen and oxygen atoms in total. The first-order valence-corrected chi connectivity index (χ1v) is 7.46. The molecule has 0 spiro atoms. The van der Waals surface area contributed by atoms with Crippen LogP contribution in [0.5, 0.6) is 0 Å². The van der Waals surface area contributed by atoms with Gasteiger partial charge in [0.1, 0.15) is 0 Å². The molecule has 1 atom stereocenters. The summed E-state index contributed by atoms with van der Waals surface area (Å²) < 4.78 is 4.74. The van der Waals surface area contributed by atoms with Crippen LogP contribution in [0.15, 0.2) is 0 Å². The van der Waals surface area contributed by atoms with E-state index in [1.54, 1.807) is 0 Å². The van der Waals surface area contributed by atoms with Gasteiger partial charge in [-0.1, -0.05) is 33.1 Å². The fraction of sp³-hybridized carbons (Fsp3) is 0.867. The molecule has 0 saturated heterocycles. The van der Waals surface area contributed by atoms with Crippen molar-refractivity contribution < 1.29 is 14.3 Å². The van der Waals surface area contributed by atoms with Gasteiger partial charge in [-0.15, -0.1) is 0 Å². The number of methoxy groups -OCH3 is 1. The van der Waals surface area contributed by atoms with Crippen LogP contribution >= 0.6 is 0 Å². The molecular formula is C15H27NO3. The third-order valence-corrected chi connectivity index (χ3v) is 3.86. The summed E-state index contributed by atoms with van der Waals surface area (Å²) >= 11 is 0. The van der Waals surface area contributed by atoms with E-state index >= 15 is 0 Å². The quantitative estimate of drug-likeness (QED) is 0.696. The number of hydrogen-bond acceptors (Lipinski definition) is 3. The molecule has 1 fully saturated rings. The van der Waals surface area contributed by atoms with Crippen LogP contribution < -0.4 is 0 Å². The Kier molecular flexibility index (Phi) is 6.89. The summed E-state index contributed by atoms with van der Waals surface area (Å²) in [5, 5.41) is 0. The van der Waals surface area contributed by atoms with Crippen molar-refractivity contribution in [2.75, 3.05) is 20.2 Å². The average Bonchev–Trinajstić information content (AvgIpc) is 2.45. The molecule has 1 aliphatic carbocycles. The molecule has 1 rings (SSSR count).